The maximum atomic E-state index is 4.21. The molecule has 0 saturated carbocycles. The van der Waals surface area contributed by atoms with E-state index in [1.54, 1.807) is 0 Å². The molecule has 1 heterocycles. The molecule has 0 amide bonds. The lowest BCUT2D eigenvalue weighted by molar-refractivity contribution is 0.865. The van der Waals surface area contributed by atoms with E-state index in [0.717, 1.165) is 18.2 Å². The minimum atomic E-state index is 0.588. The monoisotopic (exact) mass is 229 g/mol. The van der Waals surface area contributed by atoms with Gasteiger partial charge in [-0.05, 0) is 24.0 Å². The number of nitrogens with one attached hydrogen (secondary N) is 2. The van der Waals surface area contributed by atoms with Gasteiger partial charge in [0.1, 0.15) is 0 Å². The second-order valence-electron chi connectivity index (χ2n) is 4.66. The van der Waals surface area contributed by atoms with Crippen LogP contribution in [0.15, 0.2) is 30.5 Å². The Balaban J connectivity index is 1.95. The van der Waals surface area contributed by atoms with Crippen LogP contribution in [-0.4, -0.2) is 9.97 Å². The third-order valence-electron chi connectivity index (χ3n) is 2.81. The van der Waals surface area contributed by atoms with Crippen LogP contribution >= 0.6 is 0 Å². The van der Waals surface area contributed by atoms with E-state index in [-0.39, 0.29) is 0 Å². The summed E-state index contributed by atoms with van der Waals surface area (Å²) in [6, 6.07) is 8.71. The molecule has 2 aromatic rings. The highest BCUT2D eigenvalue weighted by molar-refractivity contribution is 5.30. The van der Waals surface area contributed by atoms with Crippen molar-refractivity contribution >= 4 is 5.95 Å². The highest BCUT2D eigenvalue weighted by atomic mass is 15.1. The molecule has 0 radical (unpaired) electrons. The Morgan fingerprint density at radius 1 is 1.24 bits per heavy atom. The van der Waals surface area contributed by atoms with Crippen molar-refractivity contribution in [2.75, 3.05) is 5.32 Å². The van der Waals surface area contributed by atoms with E-state index in [4.69, 9.17) is 0 Å². The summed E-state index contributed by atoms with van der Waals surface area (Å²) in [4.78, 5) is 7.36. The fourth-order valence-electron chi connectivity index (χ4n) is 1.71. The fraction of sp³-hybridized carbons (Fsp3) is 0.357. The van der Waals surface area contributed by atoms with Crippen LogP contribution in [-0.2, 0) is 6.54 Å². The molecule has 0 atom stereocenters. The number of anilines is 1. The number of nitrogens with zero attached hydrogens (tertiary/aromatic N) is 1. The van der Waals surface area contributed by atoms with Crippen molar-refractivity contribution in [2.45, 2.75) is 33.2 Å². The molecule has 2 rings (SSSR count). The Morgan fingerprint density at radius 2 is 1.94 bits per heavy atom. The van der Waals surface area contributed by atoms with E-state index in [1.165, 1.54) is 11.1 Å². The van der Waals surface area contributed by atoms with Gasteiger partial charge in [-0.15, -0.1) is 0 Å². The Kier molecular flexibility index (Phi) is 3.47. The van der Waals surface area contributed by atoms with Crippen molar-refractivity contribution in [1.82, 2.24) is 9.97 Å². The summed E-state index contributed by atoms with van der Waals surface area (Å²) >= 11 is 0. The zero-order chi connectivity index (χ0) is 12.3. The number of rotatable bonds is 4. The molecule has 0 aliphatic rings. The topological polar surface area (TPSA) is 40.7 Å². The lowest BCUT2D eigenvalue weighted by Gasteiger charge is -2.07. The van der Waals surface area contributed by atoms with Crippen LogP contribution in [0.2, 0.25) is 0 Å². The lowest BCUT2D eigenvalue weighted by Crippen LogP contribution is -2.01. The summed E-state index contributed by atoms with van der Waals surface area (Å²) in [6.07, 6.45) is 1.82. The molecule has 0 aliphatic carbocycles. The second-order valence-corrected chi connectivity index (χ2v) is 4.66. The average Bonchev–Trinajstić information content (AvgIpc) is 2.73. The number of aromatic nitrogens is 2. The number of hydrogen-bond acceptors (Lipinski definition) is 2. The third kappa shape index (κ3) is 3.09. The lowest BCUT2D eigenvalue weighted by atomic mass is 10.0. The van der Waals surface area contributed by atoms with Gasteiger partial charge in [0.05, 0.1) is 0 Å². The molecule has 0 saturated heterocycles. The smallest absolute Gasteiger partial charge is 0.200 e. The first kappa shape index (κ1) is 11.7. The van der Waals surface area contributed by atoms with E-state index in [0.29, 0.717) is 5.92 Å². The zero-order valence-electron chi connectivity index (χ0n) is 10.6. The molecule has 0 fully saturated rings. The highest BCUT2D eigenvalue weighted by Crippen LogP contribution is 2.15. The molecule has 17 heavy (non-hydrogen) atoms. The summed E-state index contributed by atoms with van der Waals surface area (Å²) in [5.74, 6) is 1.42. The summed E-state index contributed by atoms with van der Waals surface area (Å²) in [5.41, 5.74) is 3.72. The first-order chi connectivity index (χ1) is 8.15. The summed E-state index contributed by atoms with van der Waals surface area (Å²) in [6.45, 7) is 7.21. The Labute approximate surface area is 102 Å². The predicted molar refractivity (Wildman–Crippen MR) is 71.2 cm³/mol. The minimum absolute atomic E-state index is 0.588. The largest absolute Gasteiger partial charge is 0.352 e. The number of aromatic amines is 1. The van der Waals surface area contributed by atoms with Gasteiger partial charge in [-0.25, -0.2) is 4.98 Å². The van der Waals surface area contributed by atoms with E-state index >= 15 is 0 Å². The molecule has 1 aromatic heterocycles. The van der Waals surface area contributed by atoms with Gasteiger partial charge in [0.25, 0.3) is 0 Å². The van der Waals surface area contributed by atoms with Crippen molar-refractivity contribution in [2.24, 2.45) is 0 Å². The van der Waals surface area contributed by atoms with Gasteiger partial charge in [0.15, 0.2) is 0 Å². The van der Waals surface area contributed by atoms with E-state index < -0.39 is 0 Å². The van der Waals surface area contributed by atoms with Crippen molar-refractivity contribution in [3.63, 3.8) is 0 Å². The highest BCUT2D eigenvalue weighted by Gasteiger charge is 2.00. The molecule has 1 aromatic carbocycles. The number of H-pyrrole nitrogens is 1. The normalized spacial score (nSPS) is 10.8. The van der Waals surface area contributed by atoms with Crippen molar-refractivity contribution in [1.29, 1.82) is 0 Å². The standard InChI is InChI=1S/C14H19N3/c1-10(2)13-6-4-12(5-7-13)9-16-14-15-8-11(3)17-14/h4-8,10H,9H2,1-3H3,(H2,15,16,17). The van der Waals surface area contributed by atoms with Crippen LogP contribution in [0.25, 0.3) is 0 Å². The van der Waals surface area contributed by atoms with Crippen LogP contribution < -0.4 is 5.32 Å². The SMILES string of the molecule is Cc1cnc(NCc2ccc(C(C)C)cc2)[nH]1. The van der Waals surface area contributed by atoms with Crippen LogP contribution in [0.3, 0.4) is 0 Å². The molecule has 0 unspecified atom stereocenters. The molecule has 90 valence electrons. The minimum Gasteiger partial charge on any atom is -0.352 e. The van der Waals surface area contributed by atoms with E-state index in [2.05, 4.69) is 53.4 Å². The van der Waals surface area contributed by atoms with Gasteiger partial charge in [-0.3, -0.25) is 0 Å². The Morgan fingerprint density at radius 3 is 2.47 bits per heavy atom. The molecular formula is C14H19N3. The van der Waals surface area contributed by atoms with E-state index in [1.807, 2.05) is 13.1 Å². The number of hydrogen-bond donors (Lipinski definition) is 2. The fourth-order valence-corrected chi connectivity index (χ4v) is 1.71. The quantitative estimate of drug-likeness (QED) is 0.843. The van der Waals surface area contributed by atoms with Crippen LogP contribution in [0.4, 0.5) is 5.95 Å². The third-order valence-corrected chi connectivity index (χ3v) is 2.81. The van der Waals surface area contributed by atoms with Crippen molar-refractivity contribution < 1.29 is 0 Å². The van der Waals surface area contributed by atoms with Crippen molar-refractivity contribution in [3.8, 4) is 0 Å². The van der Waals surface area contributed by atoms with Gasteiger partial charge >= 0.3 is 0 Å². The predicted octanol–water partition coefficient (Wildman–Crippen LogP) is 3.45. The summed E-state index contributed by atoms with van der Waals surface area (Å²) < 4.78 is 0. The van der Waals surface area contributed by atoms with Gasteiger partial charge in [-0.1, -0.05) is 38.1 Å². The molecule has 0 spiro atoms. The molecule has 2 N–H and O–H groups in total. The Hall–Kier alpha value is -1.77. The van der Waals surface area contributed by atoms with E-state index in [9.17, 15) is 0 Å². The van der Waals surface area contributed by atoms with Gasteiger partial charge < -0.3 is 10.3 Å². The number of aryl methyl sites for hydroxylation is 1. The maximum Gasteiger partial charge on any atom is 0.200 e. The maximum absolute atomic E-state index is 4.21. The van der Waals surface area contributed by atoms with Crippen LogP contribution in [0.1, 0.15) is 36.6 Å². The first-order valence-electron chi connectivity index (χ1n) is 5.99. The molecular weight excluding hydrogens is 210 g/mol. The van der Waals surface area contributed by atoms with Gasteiger partial charge in [-0.2, -0.15) is 0 Å². The van der Waals surface area contributed by atoms with Gasteiger partial charge in [0, 0.05) is 18.4 Å². The molecule has 3 heteroatoms. The second kappa shape index (κ2) is 5.04. The number of imidazole rings is 1. The summed E-state index contributed by atoms with van der Waals surface area (Å²) in [7, 11) is 0. The molecule has 0 aliphatic heterocycles. The number of benzene rings is 1. The molecule has 3 nitrogen and oxygen atoms in total. The average molecular weight is 229 g/mol. The van der Waals surface area contributed by atoms with Crippen LogP contribution in [0.5, 0.6) is 0 Å². The molecule has 0 bridgehead atoms. The summed E-state index contributed by atoms with van der Waals surface area (Å²) in [5, 5.41) is 3.26. The zero-order valence-corrected chi connectivity index (χ0v) is 10.6. The Bertz CT molecular complexity index is 468. The van der Waals surface area contributed by atoms with Crippen LogP contribution in [0, 0.1) is 6.92 Å². The van der Waals surface area contributed by atoms with Gasteiger partial charge in [0.2, 0.25) is 5.95 Å². The van der Waals surface area contributed by atoms with Crippen molar-refractivity contribution in [3.05, 3.63) is 47.3 Å². The first-order valence-corrected chi connectivity index (χ1v) is 5.99.